The number of halogens is 6. The van der Waals surface area contributed by atoms with Crippen LogP contribution in [-0.2, 0) is 12.4 Å². The summed E-state index contributed by atoms with van der Waals surface area (Å²) in [6, 6.07) is 1.65. The highest BCUT2D eigenvalue weighted by Gasteiger charge is 2.45. The lowest BCUT2D eigenvalue weighted by molar-refractivity contribution is -0.162. The van der Waals surface area contributed by atoms with Gasteiger partial charge in [0.15, 0.2) is 6.29 Å². The molecule has 0 unspecified atom stereocenters. The van der Waals surface area contributed by atoms with Crippen LogP contribution in [0.4, 0.5) is 26.3 Å². The van der Waals surface area contributed by atoms with E-state index in [0.717, 1.165) is 6.07 Å². The second-order valence-electron chi connectivity index (χ2n) is 3.18. The second kappa shape index (κ2) is 4.33. The molecule has 0 saturated carbocycles. The SMILES string of the molecule is N#Cc1c(C=O)ccc(C(F)(F)F)c1C(F)(F)F. The van der Waals surface area contributed by atoms with E-state index in [1.165, 1.54) is 0 Å². The molecule has 0 heterocycles. The van der Waals surface area contributed by atoms with E-state index in [0.29, 0.717) is 6.07 Å². The first-order valence-electron chi connectivity index (χ1n) is 4.29. The molecule has 96 valence electrons. The summed E-state index contributed by atoms with van der Waals surface area (Å²) in [5, 5.41) is 8.51. The molecule has 0 amide bonds. The minimum atomic E-state index is -5.38. The van der Waals surface area contributed by atoms with Crippen LogP contribution in [0.1, 0.15) is 27.0 Å². The lowest BCUT2D eigenvalue weighted by Gasteiger charge is -2.17. The highest BCUT2D eigenvalue weighted by Crippen LogP contribution is 2.42. The highest BCUT2D eigenvalue weighted by atomic mass is 19.4. The molecule has 0 atom stereocenters. The predicted molar refractivity (Wildman–Crippen MR) is 46.5 cm³/mol. The molecule has 0 aliphatic carbocycles. The summed E-state index contributed by atoms with van der Waals surface area (Å²) in [4.78, 5) is 10.4. The Morgan fingerprint density at radius 3 is 1.94 bits per heavy atom. The van der Waals surface area contributed by atoms with Crippen LogP contribution >= 0.6 is 0 Å². The van der Waals surface area contributed by atoms with Crippen LogP contribution in [0.5, 0.6) is 0 Å². The van der Waals surface area contributed by atoms with Gasteiger partial charge in [-0.25, -0.2) is 0 Å². The zero-order valence-corrected chi connectivity index (χ0v) is 8.36. The molecule has 0 fully saturated rings. The van der Waals surface area contributed by atoms with E-state index in [-0.39, 0.29) is 12.4 Å². The number of carbonyl (C=O) groups is 1. The molecule has 0 saturated heterocycles. The van der Waals surface area contributed by atoms with Crippen molar-refractivity contribution in [1.82, 2.24) is 0 Å². The Balaban J connectivity index is 3.79. The van der Waals surface area contributed by atoms with Gasteiger partial charge in [0.1, 0.15) is 6.07 Å². The van der Waals surface area contributed by atoms with Crippen LogP contribution < -0.4 is 0 Å². The number of hydrogen-bond donors (Lipinski definition) is 0. The van der Waals surface area contributed by atoms with E-state index >= 15 is 0 Å². The summed E-state index contributed by atoms with van der Waals surface area (Å²) in [5.41, 5.74) is -6.19. The highest BCUT2D eigenvalue weighted by molar-refractivity contribution is 5.80. The van der Waals surface area contributed by atoms with Crippen molar-refractivity contribution in [3.63, 3.8) is 0 Å². The molecule has 1 aromatic carbocycles. The van der Waals surface area contributed by atoms with Gasteiger partial charge in [-0.15, -0.1) is 0 Å². The molecular formula is C10H3F6NO. The van der Waals surface area contributed by atoms with Gasteiger partial charge in [0.05, 0.1) is 16.7 Å². The van der Waals surface area contributed by atoms with E-state index in [4.69, 9.17) is 5.26 Å². The van der Waals surface area contributed by atoms with Crippen molar-refractivity contribution in [3.8, 4) is 6.07 Å². The summed E-state index contributed by atoms with van der Waals surface area (Å²) in [6.45, 7) is 0. The molecule has 0 radical (unpaired) electrons. The lowest BCUT2D eigenvalue weighted by Crippen LogP contribution is -2.19. The summed E-state index contributed by atoms with van der Waals surface area (Å²) in [6.07, 6.45) is -10.7. The maximum atomic E-state index is 12.6. The second-order valence-corrected chi connectivity index (χ2v) is 3.18. The zero-order chi connectivity index (χ0) is 14.1. The fourth-order valence-corrected chi connectivity index (χ4v) is 1.37. The first-order chi connectivity index (χ1) is 8.12. The average molecular weight is 267 g/mol. The van der Waals surface area contributed by atoms with E-state index in [1.807, 2.05) is 0 Å². The Kier molecular flexibility index (Phi) is 3.37. The van der Waals surface area contributed by atoms with Gasteiger partial charge in [0, 0.05) is 5.56 Å². The van der Waals surface area contributed by atoms with E-state index in [2.05, 4.69) is 0 Å². The number of nitrogens with zero attached hydrogens (tertiary/aromatic N) is 1. The van der Waals surface area contributed by atoms with Gasteiger partial charge in [0.25, 0.3) is 0 Å². The third kappa shape index (κ3) is 2.45. The minimum Gasteiger partial charge on any atom is -0.298 e. The Labute approximate surface area is 96.4 Å². The molecule has 1 rings (SSSR count). The Morgan fingerprint density at radius 2 is 1.61 bits per heavy atom. The number of carbonyl (C=O) groups excluding carboxylic acids is 1. The largest absolute Gasteiger partial charge is 0.418 e. The molecule has 0 aromatic heterocycles. The Bertz CT molecular complexity index is 523. The summed E-state index contributed by atoms with van der Waals surface area (Å²) >= 11 is 0. The van der Waals surface area contributed by atoms with Crippen molar-refractivity contribution in [1.29, 1.82) is 5.26 Å². The van der Waals surface area contributed by atoms with Gasteiger partial charge in [0.2, 0.25) is 0 Å². The third-order valence-electron chi connectivity index (χ3n) is 2.07. The van der Waals surface area contributed by atoms with Crippen molar-refractivity contribution in [2.45, 2.75) is 12.4 Å². The molecule has 0 bridgehead atoms. The van der Waals surface area contributed by atoms with Gasteiger partial charge in [-0.2, -0.15) is 31.6 Å². The van der Waals surface area contributed by atoms with Crippen molar-refractivity contribution < 1.29 is 31.1 Å². The number of benzene rings is 1. The Hall–Kier alpha value is -2.04. The predicted octanol–water partition coefficient (Wildman–Crippen LogP) is 3.41. The molecular weight excluding hydrogens is 264 g/mol. The van der Waals surface area contributed by atoms with E-state index < -0.39 is 34.6 Å². The van der Waals surface area contributed by atoms with Crippen LogP contribution in [0.15, 0.2) is 12.1 Å². The standard InChI is InChI=1S/C10H3F6NO/c11-9(12,13)7-2-1-5(4-18)6(3-17)8(7)10(14,15)16/h1-2,4H. The van der Waals surface area contributed by atoms with Gasteiger partial charge in [-0.3, -0.25) is 4.79 Å². The van der Waals surface area contributed by atoms with Gasteiger partial charge in [-0.05, 0) is 12.1 Å². The summed E-state index contributed by atoms with van der Waals surface area (Å²) < 4.78 is 75.0. The maximum absolute atomic E-state index is 12.6. The first-order valence-corrected chi connectivity index (χ1v) is 4.29. The molecule has 18 heavy (non-hydrogen) atoms. The van der Waals surface area contributed by atoms with Gasteiger partial charge in [-0.1, -0.05) is 0 Å². The van der Waals surface area contributed by atoms with Crippen LogP contribution in [0.25, 0.3) is 0 Å². The van der Waals surface area contributed by atoms with Gasteiger partial charge >= 0.3 is 12.4 Å². The van der Waals surface area contributed by atoms with Crippen LogP contribution in [-0.4, -0.2) is 6.29 Å². The maximum Gasteiger partial charge on any atom is 0.418 e. The van der Waals surface area contributed by atoms with Gasteiger partial charge < -0.3 is 0 Å². The lowest BCUT2D eigenvalue weighted by atomic mass is 9.96. The van der Waals surface area contributed by atoms with E-state index in [1.54, 1.807) is 0 Å². The monoisotopic (exact) mass is 267 g/mol. The molecule has 8 heteroatoms. The first kappa shape index (κ1) is 14.0. The number of alkyl halides is 6. The topological polar surface area (TPSA) is 40.9 Å². The van der Waals surface area contributed by atoms with Crippen molar-refractivity contribution in [2.75, 3.05) is 0 Å². The summed E-state index contributed by atoms with van der Waals surface area (Å²) in [7, 11) is 0. The zero-order valence-electron chi connectivity index (χ0n) is 8.36. The number of nitriles is 1. The number of rotatable bonds is 1. The van der Waals surface area contributed by atoms with Crippen molar-refractivity contribution in [2.24, 2.45) is 0 Å². The van der Waals surface area contributed by atoms with E-state index in [9.17, 15) is 31.1 Å². The van der Waals surface area contributed by atoms with Crippen molar-refractivity contribution in [3.05, 3.63) is 34.4 Å². The minimum absolute atomic E-state index is 0.103. The normalized spacial score (nSPS) is 12.1. The molecule has 0 spiro atoms. The van der Waals surface area contributed by atoms with Crippen LogP contribution in [0.2, 0.25) is 0 Å². The number of hydrogen-bond acceptors (Lipinski definition) is 2. The van der Waals surface area contributed by atoms with Crippen LogP contribution in [0, 0.1) is 11.3 Å². The average Bonchev–Trinajstić information content (AvgIpc) is 2.24. The summed E-state index contributed by atoms with van der Waals surface area (Å²) in [5.74, 6) is 0. The molecule has 0 N–H and O–H groups in total. The fourth-order valence-electron chi connectivity index (χ4n) is 1.37. The number of aldehydes is 1. The smallest absolute Gasteiger partial charge is 0.298 e. The molecule has 0 aliphatic heterocycles. The fraction of sp³-hybridized carbons (Fsp3) is 0.200. The Morgan fingerprint density at radius 1 is 1.06 bits per heavy atom. The van der Waals surface area contributed by atoms with Crippen LogP contribution in [0.3, 0.4) is 0 Å². The molecule has 1 aromatic rings. The third-order valence-corrected chi connectivity index (χ3v) is 2.07. The van der Waals surface area contributed by atoms with Crippen molar-refractivity contribution >= 4 is 6.29 Å². The molecule has 2 nitrogen and oxygen atoms in total. The quantitative estimate of drug-likeness (QED) is 0.578. The molecule has 0 aliphatic rings.